The van der Waals surface area contributed by atoms with Crippen LogP contribution >= 0.6 is 0 Å². The summed E-state index contributed by atoms with van der Waals surface area (Å²) in [5.41, 5.74) is -0.832. The van der Waals surface area contributed by atoms with E-state index in [2.05, 4.69) is 0 Å². The molecule has 1 unspecified atom stereocenters. The van der Waals surface area contributed by atoms with Gasteiger partial charge in [0.2, 0.25) is 10.0 Å². The number of carbonyl (C=O) groups is 1. The smallest absolute Gasteiger partial charge is 0.339 e. The largest absolute Gasteiger partial charge is 0.507 e. The van der Waals surface area contributed by atoms with Gasteiger partial charge in [-0.25, -0.2) is 13.2 Å². The normalized spacial score (nSPS) is 28.3. The van der Waals surface area contributed by atoms with Crippen LogP contribution in [-0.2, 0) is 10.0 Å². The zero-order valence-electron chi connectivity index (χ0n) is 13.2. The number of sulfonamides is 1. The first-order valence-corrected chi connectivity index (χ1v) is 9.45. The maximum Gasteiger partial charge on any atom is 0.339 e. The molecular weight excluding hydrogens is 334 g/mol. The van der Waals surface area contributed by atoms with Gasteiger partial charge in [0.1, 0.15) is 11.3 Å². The molecule has 3 N–H and O–H groups in total. The molecule has 1 heterocycles. The molecule has 1 saturated heterocycles. The summed E-state index contributed by atoms with van der Waals surface area (Å²) in [7, 11) is -3.87. The monoisotopic (exact) mass is 355 g/mol. The van der Waals surface area contributed by atoms with Gasteiger partial charge >= 0.3 is 5.97 Å². The molecule has 1 aromatic carbocycles. The van der Waals surface area contributed by atoms with Crippen LogP contribution in [0.5, 0.6) is 5.75 Å². The number of aromatic carboxylic acids is 1. The molecule has 2 aliphatic rings. The molecule has 7 nitrogen and oxygen atoms in total. The molecule has 1 aromatic rings. The fraction of sp³-hybridized carbons (Fsp3) is 0.562. The maximum atomic E-state index is 12.9. The summed E-state index contributed by atoms with van der Waals surface area (Å²) >= 11 is 0. The van der Waals surface area contributed by atoms with E-state index in [1.165, 1.54) is 10.4 Å². The summed E-state index contributed by atoms with van der Waals surface area (Å²) < 4.78 is 27.1. The zero-order chi connectivity index (χ0) is 17.5. The second-order valence-electron chi connectivity index (χ2n) is 6.70. The molecule has 1 aliphatic carbocycles. The van der Waals surface area contributed by atoms with E-state index in [-0.39, 0.29) is 11.4 Å². The predicted molar refractivity (Wildman–Crippen MR) is 85.3 cm³/mol. The molecule has 1 aliphatic heterocycles. The third-order valence-corrected chi connectivity index (χ3v) is 7.11. The quantitative estimate of drug-likeness (QED) is 0.755. The minimum Gasteiger partial charge on any atom is -0.507 e. The summed E-state index contributed by atoms with van der Waals surface area (Å²) in [6.45, 7) is 0.597. The van der Waals surface area contributed by atoms with Crippen molar-refractivity contribution in [3.8, 4) is 5.75 Å². The summed E-state index contributed by atoms with van der Waals surface area (Å²) in [6.07, 6.45) is 3.35. The number of aliphatic hydroxyl groups is 1. The molecule has 1 saturated carbocycles. The van der Waals surface area contributed by atoms with Crippen molar-refractivity contribution >= 4 is 16.0 Å². The van der Waals surface area contributed by atoms with Gasteiger partial charge < -0.3 is 15.3 Å². The van der Waals surface area contributed by atoms with Crippen LogP contribution in [0.1, 0.15) is 42.5 Å². The summed E-state index contributed by atoms with van der Waals surface area (Å²) in [4.78, 5) is 11.0. The topological polar surface area (TPSA) is 115 Å². The number of carboxylic acid groups (broad SMARTS) is 1. The van der Waals surface area contributed by atoms with Gasteiger partial charge in [-0.2, -0.15) is 4.31 Å². The fourth-order valence-corrected chi connectivity index (χ4v) is 5.52. The molecule has 2 fully saturated rings. The Balaban J connectivity index is 1.93. The number of hydrogen-bond donors (Lipinski definition) is 3. The van der Waals surface area contributed by atoms with Crippen molar-refractivity contribution in [3.63, 3.8) is 0 Å². The molecule has 0 aromatic heterocycles. The van der Waals surface area contributed by atoms with Crippen LogP contribution in [0.25, 0.3) is 0 Å². The van der Waals surface area contributed by atoms with Gasteiger partial charge in [0.15, 0.2) is 0 Å². The van der Waals surface area contributed by atoms with E-state index in [4.69, 9.17) is 5.11 Å². The maximum absolute atomic E-state index is 12.9. The number of hydrogen-bond acceptors (Lipinski definition) is 5. The first-order chi connectivity index (χ1) is 11.3. The molecule has 2 atom stereocenters. The van der Waals surface area contributed by atoms with Crippen molar-refractivity contribution in [1.82, 2.24) is 4.31 Å². The van der Waals surface area contributed by atoms with E-state index < -0.39 is 38.8 Å². The van der Waals surface area contributed by atoms with E-state index in [1.807, 2.05) is 0 Å². The van der Waals surface area contributed by atoms with Crippen LogP contribution < -0.4 is 0 Å². The van der Waals surface area contributed by atoms with Crippen molar-refractivity contribution in [3.05, 3.63) is 23.8 Å². The standard InChI is InChI=1S/C16H21NO6S/c18-13-5-4-11(9-12(13)15(20)21)24(22,23)17-8-2-7-16(10-17)6-1-3-14(16)19/h4-5,9,14,18-19H,1-3,6-8,10H2,(H,20,21)/t14?,16-/m0/s1. The Hall–Kier alpha value is -1.64. The number of phenols is 1. The highest BCUT2D eigenvalue weighted by Crippen LogP contribution is 2.46. The average Bonchev–Trinajstić information content (AvgIpc) is 2.87. The fourth-order valence-electron chi connectivity index (χ4n) is 3.91. The summed E-state index contributed by atoms with van der Waals surface area (Å²) in [6, 6.07) is 3.28. The molecule has 0 amide bonds. The lowest BCUT2D eigenvalue weighted by Crippen LogP contribution is -2.49. The Morgan fingerprint density at radius 1 is 1.25 bits per heavy atom. The van der Waals surface area contributed by atoms with Gasteiger partial charge in [-0.15, -0.1) is 0 Å². The van der Waals surface area contributed by atoms with Crippen LogP contribution in [0.15, 0.2) is 23.1 Å². The number of aromatic hydroxyl groups is 1. The van der Waals surface area contributed by atoms with E-state index in [9.17, 15) is 23.4 Å². The highest BCUT2D eigenvalue weighted by Gasteiger charge is 2.47. The number of benzene rings is 1. The van der Waals surface area contributed by atoms with Gasteiger partial charge in [0, 0.05) is 18.5 Å². The molecule has 1 spiro atoms. The van der Waals surface area contributed by atoms with Gasteiger partial charge in [0.05, 0.1) is 11.0 Å². The van der Waals surface area contributed by atoms with Gasteiger partial charge in [-0.05, 0) is 43.9 Å². The third kappa shape index (κ3) is 2.78. The Kier molecular flexibility index (Phi) is 4.31. The van der Waals surface area contributed by atoms with E-state index in [1.54, 1.807) is 0 Å². The van der Waals surface area contributed by atoms with Crippen molar-refractivity contribution < 1.29 is 28.5 Å². The van der Waals surface area contributed by atoms with E-state index in [0.29, 0.717) is 19.4 Å². The Labute approximate surface area is 140 Å². The van der Waals surface area contributed by atoms with Gasteiger partial charge in [-0.3, -0.25) is 0 Å². The van der Waals surface area contributed by atoms with Crippen molar-refractivity contribution in [2.75, 3.05) is 13.1 Å². The number of rotatable bonds is 3. The highest BCUT2D eigenvalue weighted by molar-refractivity contribution is 7.89. The molecule has 0 radical (unpaired) electrons. The van der Waals surface area contributed by atoms with Crippen molar-refractivity contribution in [1.29, 1.82) is 0 Å². The number of aliphatic hydroxyl groups excluding tert-OH is 1. The Bertz CT molecular complexity index is 762. The van der Waals surface area contributed by atoms with Gasteiger partial charge in [-0.1, -0.05) is 6.42 Å². The first-order valence-electron chi connectivity index (χ1n) is 8.01. The van der Waals surface area contributed by atoms with Crippen LogP contribution in [0.4, 0.5) is 0 Å². The predicted octanol–water partition coefficient (Wildman–Crippen LogP) is 1.41. The van der Waals surface area contributed by atoms with E-state index >= 15 is 0 Å². The molecule has 3 rings (SSSR count). The van der Waals surface area contributed by atoms with Crippen LogP contribution in [0, 0.1) is 5.41 Å². The first kappa shape index (κ1) is 17.2. The van der Waals surface area contributed by atoms with Crippen LogP contribution in [0.2, 0.25) is 0 Å². The number of piperidine rings is 1. The van der Waals surface area contributed by atoms with Crippen LogP contribution in [-0.4, -0.2) is 53.2 Å². The SMILES string of the molecule is O=C(O)c1cc(S(=O)(=O)N2CCC[C@@]3(CCCC3O)C2)ccc1O. The lowest BCUT2D eigenvalue weighted by atomic mass is 9.77. The molecule has 132 valence electrons. The second-order valence-corrected chi connectivity index (χ2v) is 8.63. The lowest BCUT2D eigenvalue weighted by molar-refractivity contribution is 0.0127. The van der Waals surface area contributed by atoms with Crippen LogP contribution in [0.3, 0.4) is 0 Å². The average molecular weight is 355 g/mol. The second kappa shape index (κ2) is 6.02. The molecule has 8 heteroatoms. The van der Waals surface area contributed by atoms with Gasteiger partial charge in [0.25, 0.3) is 0 Å². The number of nitrogens with zero attached hydrogens (tertiary/aromatic N) is 1. The van der Waals surface area contributed by atoms with E-state index in [0.717, 1.165) is 31.4 Å². The Morgan fingerprint density at radius 3 is 2.58 bits per heavy atom. The lowest BCUT2D eigenvalue weighted by Gasteiger charge is -2.41. The zero-order valence-corrected chi connectivity index (χ0v) is 14.0. The molecular formula is C16H21NO6S. The summed E-state index contributed by atoms with van der Waals surface area (Å²) in [5, 5.41) is 28.9. The minimum atomic E-state index is -3.87. The highest BCUT2D eigenvalue weighted by atomic mass is 32.2. The van der Waals surface area contributed by atoms with Crippen molar-refractivity contribution in [2.24, 2.45) is 5.41 Å². The Morgan fingerprint density at radius 2 is 1.96 bits per heavy atom. The number of carboxylic acids is 1. The molecule has 0 bridgehead atoms. The van der Waals surface area contributed by atoms with Crippen molar-refractivity contribution in [2.45, 2.75) is 43.1 Å². The summed E-state index contributed by atoms with van der Waals surface area (Å²) in [5.74, 6) is -1.85. The minimum absolute atomic E-state index is 0.151. The third-order valence-electron chi connectivity index (χ3n) is 5.27. The molecule has 24 heavy (non-hydrogen) atoms.